The van der Waals surface area contributed by atoms with Crippen LogP contribution < -0.4 is 5.56 Å². The SMILES string of the molecule is Cc1cc(C(=O)N2C[C@@H]3C[C@H](C2)c2ccc(-c4nccn4C)c(=O)n2C3)n[nH]1. The van der Waals surface area contributed by atoms with Gasteiger partial charge in [-0.2, -0.15) is 5.10 Å². The topological polar surface area (TPSA) is 88.8 Å². The van der Waals surface area contributed by atoms with Gasteiger partial charge in [0.15, 0.2) is 0 Å². The Hall–Kier alpha value is -3.16. The van der Waals surface area contributed by atoms with Crippen LogP contribution in [0.4, 0.5) is 0 Å². The fourth-order valence-electron chi connectivity index (χ4n) is 4.60. The highest BCUT2D eigenvalue weighted by Gasteiger charge is 2.37. The number of fused-ring (bicyclic) bond motifs is 4. The van der Waals surface area contributed by atoms with Gasteiger partial charge in [0.1, 0.15) is 11.5 Å². The van der Waals surface area contributed by atoms with Crippen molar-refractivity contribution in [1.29, 1.82) is 0 Å². The van der Waals surface area contributed by atoms with E-state index >= 15 is 0 Å². The number of nitrogens with zero attached hydrogens (tertiary/aromatic N) is 5. The smallest absolute Gasteiger partial charge is 0.274 e. The third-order valence-corrected chi connectivity index (χ3v) is 5.88. The summed E-state index contributed by atoms with van der Waals surface area (Å²) in [5.74, 6) is 1.07. The zero-order valence-electron chi connectivity index (χ0n) is 15.9. The van der Waals surface area contributed by atoms with E-state index in [-0.39, 0.29) is 23.3 Å². The number of aromatic nitrogens is 5. The lowest BCUT2D eigenvalue weighted by atomic mass is 9.83. The van der Waals surface area contributed by atoms with Crippen molar-refractivity contribution in [3.8, 4) is 11.4 Å². The molecule has 1 saturated heterocycles. The maximum Gasteiger partial charge on any atom is 0.274 e. The molecule has 3 aromatic rings. The highest BCUT2D eigenvalue weighted by molar-refractivity contribution is 5.92. The summed E-state index contributed by atoms with van der Waals surface area (Å²) in [7, 11) is 1.89. The zero-order valence-corrected chi connectivity index (χ0v) is 15.9. The third-order valence-electron chi connectivity index (χ3n) is 5.88. The number of rotatable bonds is 2. The van der Waals surface area contributed by atoms with Crippen LogP contribution in [0.15, 0.2) is 35.4 Å². The number of H-pyrrole nitrogens is 1. The van der Waals surface area contributed by atoms with Crippen molar-refractivity contribution in [1.82, 2.24) is 29.2 Å². The first-order chi connectivity index (χ1) is 13.5. The Labute approximate surface area is 161 Å². The van der Waals surface area contributed by atoms with E-state index in [0.29, 0.717) is 36.7 Å². The van der Waals surface area contributed by atoms with Crippen molar-refractivity contribution >= 4 is 5.91 Å². The summed E-state index contributed by atoms with van der Waals surface area (Å²) in [6.45, 7) is 3.78. The van der Waals surface area contributed by atoms with Gasteiger partial charge in [-0.05, 0) is 37.5 Å². The van der Waals surface area contributed by atoms with Gasteiger partial charge in [-0.25, -0.2) is 4.98 Å². The predicted octanol–water partition coefficient (Wildman–Crippen LogP) is 1.54. The Morgan fingerprint density at radius 3 is 2.82 bits per heavy atom. The number of imidazole rings is 1. The lowest BCUT2D eigenvalue weighted by Gasteiger charge is -2.42. The van der Waals surface area contributed by atoms with Crippen LogP contribution in [0.3, 0.4) is 0 Å². The minimum absolute atomic E-state index is 0.00389. The molecular formula is C20H22N6O2. The molecule has 28 heavy (non-hydrogen) atoms. The number of hydrogen-bond acceptors (Lipinski definition) is 4. The molecule has 2 atom stereocenters. The number of amides is 1. The second-order valence-corrected chi connectivity index (χ2v) is 7.89. The molecule has 2 aliphatic heterocycles. The van der Waals surface area contributed by atoms with Crippen LogP contribution in [0.1, 0.15) is 34.2 Å². The number of pyridine rings is 1. The van der Waals surface area contributed by atoms with Crippen molar-refractivity contribution in [2.24, 2.45) is 13.0 Å². The highest BCUT2D eigenvalue weighted by atomic mass is 16.2. The number of aryl methyl sites for hydroxylation is 2. The molecule has 0 saturated carbocycles. The van der Waals surface area contributed by atoms with Gasteiger partial charge in [-0.1, -0.05) is 0 Å². The molecule has 0 aromatic carbocycles. The molecule has 3 aromatic heterocycles. The molecule has 2 aliphatic rings. The van der Waals surface area contributed by atoms with Crippen molar-refractivity contribution in [2.45, 2.75) is 25.8 Å². The molecule has 2 bridgehead atoms. The number of carbonyl (C=O) groups excluding carboxylic acids is 1. The van der Waals surface area contributed by atoms with E-state index in [2.05, 4.69) is 15.2 Å². The standard InChI is InChI=1S/C20H22N6O2/c1-12-7-16(23-22-12)20(28)25-9-13-8-14(11-25)17-4-3-15(19(27)26(17)10-13)18-21-5-6-24(18)2/h3-7,13-14H,8-11H2,1-2H3,(H,22,23)/t13-,14+/m0/s1. The van der Waals surface area contributed by atoms with Gasteiger partial charge < -0.3 is 14.0 Å². The minimum Gasteiger partial charge on any atom is -0.336 e. The maximum absolute atomic E-state index is 13.1. The second kappa shape index (κ2) is 6.19. The lowest BCUT2D eigenvalue weighted by Crippen LogP contribution is -2.49. The Kier molecular flexibility index (Phi) is 3.75. The fraction of sp³-hybridized carbons (Fsp3) is 0.400. The normalized spacial score (nSPS) is 20.9. The summed E-state index contributed by atoms with van der Waals surface area (Å²) in [5.41, 5.74) is 2.97. The summed E-state index contributed by atoms with van der Waals surface area (Å²) in [6, 6.07) is 5.68. The van der Waals surface area contributed by atoms with E-state index in [1.807, 2.05) is 46.3 Å². The Bertz CT molecular complexity index is 1120. The fourth-order valence-corrected chi connectivity index (χ4v) is 4.60. The molecule has 144 valence electrons. The van der Waals surface area contributed by atoms with Crippen LogP contribution >= 0.6 is 0 Å². The summed E-state index contributed by atoms with van der Waals surface area (Å²) >= 11 is 0. The Morgan fingerprint density at radius 2 is 2.11 bits per heavy atom. The average Bonchev–Trinajstić information content (AvgIpc) is 3.30. The first-order valence-electron chi connectivity index (χ1n) is 9.54. The van der Waals surface area contributed by atoms with Crippen LogP contribution in [0.2, 0.25) is 0 Å². The van der Waals surface area contributed by atoms with Crippen LogP contribution in [-0.4, -0.2) is 48.2 Å². The molecule has 0 spiro atoms. The molecular weight excluding hydrogens is 356 g/mol. The van der Waals surface area contributed by atoms with E-state index < -0.39 is 0 Å². The van der Waals surface area contributed by atoms with Crippen LogP contribution in [0.5, 0.6) is 0 Å². The number of likely N-dealkylation sites (tertiary alicyclic amines) is 1. The summed E-state index contributed by atoms with van der Waals surface area (Å²) in [5, 5.41) is 6.95. The van der Waals surface area contributed by atoms with E-state index in [4.69, 9.17) is 0 Å². The van der Waals surface area contributed by atoms with Crippen LogP contribution in [-0.2, 0) is 13.6 Å². The zero-order chi connectivity index (χ0) is 19.4. The molecule has 5 heterocycles. The van der Waals surface area contributed by atoms with Crippen molar-refractivity contribution in [3.05, 3.63) is 58.0 Å². The molecule has 1 amide bonds. The molecule has 8 nitrogen and oxygen atoms in total. The quantitative estimate of drug-likeness (QED) is 0.733. The molecule has 5 rings (SSSR count). The molecule has 0 aliphatic carbocycles. The van der Waals surface area contributed by atoms with Crippen molar-refractivity contribution < 1.29 is 4.79 Å². The van der Waals surface area contributed by atoms with Gasteiger partial charge >= 0.3 is 0 Å². The number of piperidine rings is 1. The number of nitrogens with one attached hydrogen (secondary N) is 1. The third kappa shape index (κ3) is 2.59. The van der Waals surface area contributed by atoms with Crippen LogP contribution in [0, 0.1) is 12.8 Å². The number of aromatic amines is 1. The van der Waals surface area contributed by atoms with Gasteiger partial charge in [0.05, 0.1) is 5.56 Å². The number of hydrogen-bond donors (Lipinski definition) is 1. The Balaban J connectivity index is 1.48. The lowest BCUT2D eigenvalue weighted by molar-refractivity contribution is 0.0589. The molecule has 1 N–H and O–H groups in total. The van der Waals surface area contributed by atoms with E-state index in [1.54, 1.807) is 12.3 Å². The minimum atomic E-state index is -0.0422. The maximum atomic E-state index is 13.1. The van der Waals surface area contributed by atoms with E-state index in [1.165, 1.54) is 0 Å². The summed E-state index contributed by atoms with van der Waals surface area (Å²) < 4.78 is 3.75. The van der Waals surface area contributed by atoms with Crippen molar-refractivity contribution in [3.63, 3.8) is 0 Å². The van der Waals surface area contributed by atoms with Crippen LogP contribution in [0.25, 0.3) is 11.4 Å². The summed E-state index contributed by atoms with van der Waals surface area (Å²) in [4.78, 5) is 32.2. The predicted molar refractivity (Wildman–Crippen MR) is 103 cm³/mol. The molecule has 0 radical (unpaired) electrons. The Morgan fingerprint density at radius 1 is 1.25 bits per heavy atom. The number of carbonyl (C=O) groups is 1. The van der Waals surface area contributed by atoms with Gasteiger partial charge in [-0.15, -0.1) is 0 Å². The molecule has 8 heteroatoms. The first-order valence-corrected chi connectivity index (χ1v) is 9.54. The van der Waals surface area contributed by atoms with Crippen molar-refractivity contribution in [2.75, 3.05) is 13.1 Å². The largest absolute Gasteiger partial charge is 0.336 e. The van der Waals surface area contributed by atoms with Gasteiger partial charge in [0.25, 0.3) is 11.5 Å². The van der Waals surface area contributed by atoms with Gasteiger partial charge in [-0.3, -0.25) is 14.7 Å². The van der Waals surface area contributed by atoms with E-state index in [9.17, 15) is 9.59 Å². The van der Waals surface area contributed by atoms with Gasteiger partial charge in [0, 0.05) is 56.4 Å². The van der Waals surface area contributed by atoms with Gasteiger partial charge in [0.2, 0.25) is 0 Å². The van der Waals surface area contributed by atoms with E-state index in [0.717, 1.165) is 17.8 Å². The molecule has 0 unspecified atom stereocenters. The highest BCUT2D eigenvalue weighted by Crippen LogP contribution is 2.36. The summed E-state index contributed by atoms with van der Waals surface area (Å²) in [6.07, 6.45) is 4.55. The molecule has 1 fully saturated rings. The average molecular weight is 378 g/mol. The monoisotopic (exact) mass is 378 g/mol. The first kappa shape index (κ1) is 17.0. The second-order valence-electron chi connectivity index (χ2n) is 7.89.